The zero-order valence-electron chi connectivity index (χ0n) is 19.2. The van der Waals surface area contributed by atoms with E-state index in [0.717, 1.165) is 36.4 Å². The molecule has 0 spiro atoms. The van der Waals surface area contributed by atoms with E-state index in [0.29, 0.717) is 41.6 Å². The number of methoxy groups -OCH3 is 1. The second kappa shape index (κ2) is 10.3. The molecule has 2 aromatic heterocycles. The Morgan fingerprint density at radius 2 is 1.85 bits per heavy atom. The number of aromatic amines is 1. The van der Waals surface area contributed by atoms with Gasteiger partial charge in [0, 0.05) is 12.1 Å². The van der Waals surface area contributed by atoms with Crippen molar-refractivity contribution in [1.29, 1.82) is 0 Å². The molecular formula is C25H29N5O3. The van der Waals surface area contributed by atoms with Crippen molar-refractivity contribution in [3.8, 4) is 28.6 Å². The van der Waals surface area contributed by atoms with Crippen LogP contribution >= 0.6 is 0 Å². The summed E-state index contributed by atoms with van der Waals surface area (Å²) in [5.41, 5.74) is 3.04. The first-order valence-corrected chi connectivity index (χ1v) is 11.2. The fraction of sp³-hybridized carbons (Fsp3) is 0.320. The number of aromatic nitrogens is 4. The van der Waals surface area contributed by atoms with E-state index in [1.807, 2.05) is 55.5 Å². The second-order valence-electron chi connectivity index (χ2n) is 7.62. The van der Waals surface area contributed by atoms with Gasteiger partial charge < -0.3 is 19.8 Å². The van der Waals surface area contributed by atoms with Gasteiger partial charge in [-0.25, -0.2) is 19.3 Å². The Labute approximate surface area is 192 Å². The summed E-state index contributed by atoms with van der Waals surface area (Å²) < 4.78 is 12.6. The van der Waals surface area contributed by atoms with Gasteiger partial charge in [0.05, 0.1) is 25.1 Å². The number of benzene rings is 2. The van der Waals surface area contributed by atoms with Gasteiger partial charge in [-0.3, -0.25) is 0 Å². The van der Waals surface area contributed by atoms with Gasteiger partial charge in [0.15, 0.2) is 11.5 Å². The lowest BCUT2D eigenvalue weighted by Crippen LogP contribution is -2.16. The Morgan fingerprint density at radius 1 is 1.06 bits per heavy atom. The molecule has 0 unspecified atom stereocenters. The minimum Gasteiger partial charge on any atom is -0.495 e. The number of para-hydroxylation sites is 2. The molecule has 2 N–H and O–H groups in total. The molecule has 0 radical (unpaired) electrons. The van der Waals surface area contributed by atoms with Crippen molar-refractivity contribution in [3.05, 3.63) is 64.7 Å². The summed E-state index contributed by atoms with van der Waals surface area (Å²) in [7, 11) is 1.59. The highest BCUT2D eigenvalue weighted by Gasteiger charge is 2.19. The van der Waals surface area contributed by atoms with Crippen molar-refractivity contribution in [2.45, 2.75) is 33.2 Å². The van der Waals surface area contributed by atoms with Crippen LogP contribution in [0.2, 0.25) is 0 Å². The fourth-order valence-corrected chi connectivity index (χ4v) is 3.71. The maximum absolute atomic E-state index is 13.0. The van der Waals surface area contributed by atoms with Crippen molar-refractivity contribution in [1.82, 2.24) is 24.8 Å². The van der Waals surface area contributed by atoms with Gasteiger partial charge in [-0.1, -0.05) is 25.5 Å². The number of hydrogen-bond donors (Lipinski definition) is 2. The summed E-state index contributed by atoms with van der Waals surface area (Å²) in [6, 6.07) is 15.0. The quantitative estimate of drug-likeness (QED) is 0.356. The molecular weight excluding hydrogens is 418 g/mol. The van der Waals surface area contributed by atoms with Crippen LogP contribution in [0.5, 0.6) is 11.5 Å². The number of rotatable bonds is 10. The zero-order chi connectivity index (χ0) is 23.2. The lowest BCUT2D eigenvalue weighted by Gasteiger charge is -2.11. The molecule has 8 nitrogen and oxygen atoms in total. The molecule has 0 fully saturated rings. The number of fused-ring (bicyclic) bond motifs is 1. The van der Waals surface area contributed by atoms with Crippen LogP contribution in [0.4, 0.5) is 0 Å². The van der Waals surface area contributed by atoms with E-state index in [1.165, 1.54) is 0 Å². The Hall–Kier alpha value is -3.65. The van der Waals surface area contributed by atoms with Crippen LogP contribution < -0.4 is 20.5 Å². The average molecular weight is 448 g/mol. The van der Waals surface area contributed by atoms with Gasteiger partial charge in [-0.05, 0) is 56.3 Å². The summed E-state index contributed by atoms with van der Waals surface area (Å²) >= 11 is 0. The highest BCUT2D eigenvalue weighted by Crippen LogP contribution is 2.27. The first kappa shape index (κ1) is 22.5. The molecule has 4 rings (SSSR count). The standard InChI is InChI=1S/C25H29N5O3/c1-4-6-15-26-16-19-22-24(29-23(27-19)17-11-13-18(14-12-17)33-5-2)30(25(31)28-22)20-9-7-8-10-21(20)32-3/h7-14,26H,4-6,15-16H2,1-3H3,(H,28,31). The first-order chi connectivity index (χ1) is 16.2. The van der Waals surface area contributed by atoms with Crippen LogP contribution in [-0.2, 0) is 6.54 Å². The molecule has 33 heavy (non-hydrogen) atoms. The molecule has 0 atom stereocenters. The van der Waals surface area contributed by atoms with E-state index in [9.17, 15) is 4.79 Å². The third kappa shape index (κ3) is 4.75. The SMILES string of the molecule is CCCCNCc1nc(-c2ccc(OCC)cc2)nc2c1[nH]c(=O)n2-c1ccccc1OC. The van der Waals surface area contributed by atoms with Crippen LogP contribution in [0.1, 0.15) is 32.4 Å². The Bertz CT molecular complexity index is 1280. The molecule has 0 aliphatic rings. The lowest BCUT2D eigenvalue weighted by molar-refractivity contribution is 0.340. The molecule has 0 saturated heterocycles. The van der Waals surface area contributed by atoms with Crippen LogP contribution in [0, 0.1) is 0 Å². The number of H-pyrrole nitrogens is 1. The van der Waals surface area contributed by atoms with Crippen molar-refractivity contribution in [2.75, 3.05) is 20.3 Å². The van der Waals surface area contributed by atoms with Crippen LogP contribution in [0.3, 0.4) is 0 Å². The maximum atomic E-state index is 13.0. The zero-order valence-corrected chi connectivity index (χ0v) is 19.2. The summed E-state index contributed by atoms with van der Waals surface area (Å²) in [6.45, 7) is 6.10. The number of nitrogens with zero attached hydrogens (tertiary/aromatic N) is 3. The van der Waals surface area contributed by atoms with Crippen molar-refractivity contribution in [3.63, 3.8) is 0 Å². The summed E-state index contributed by atoms with van der Waals surface area (Å²) in [5.74, 6) is 1.92. The number of hydrogen-bond acceptors (Lipinski definition) is 6. The third-order valence-electron chi connectivity index (χ3n) is 5.36. The van der Waals surface area contributed by atoms with Gasteiger partial charge in [0.2, 0.25) is 0 Å². The van der Waals surface area contributed by atoms with E-state index < -0.39 is 0 Å². The summed E-state index contributed by atoms with van der Waals surface area (Å²) in [4.78, 5) is 25.6. The Morgan fingerprint density at radius 3 is 2.58 bits per heavy atom. The van der Waals surface area contributed by atoms with Gasteiger partial charge >= 0.3 is 5.69 Å². The molecule has 0 aliphatic heterocycles. The molecule has 0 amide bonds. The highest BCUT2D eigenvalue weighted by atomic mass is 16.5. The molecule has 0 saturated carbocycles. The molecule has 8 heteroatoms. The van der Waals surface area contributed by atoms with E-state index in [-0.39, 0.29) is 5.69 Å². The van der Waals surface area contributed by atoms with Gasteiger partial charge in [-0.15, -0.1) is 0 Å². The third-order valence-corrected chi connectivity index (χ3v) is 5.36. The van der Waals surface area contributed by atoms with Gasteiger partial charge in [-0.2, -0.15) is 0 Å². The minimum atomic E-state index is -0.289. The molecule has 4 aromatic rings. The summed E-state index contributed by atoms with van der Waals surface area (Å²) in [5, 5.41) is 3.42. The highest BCUT2D eigenvalue weighted by molar-refractivity contribution is 5.78. The Balaban J connectivity index is 1.87. The van der Waals surface area contributed by atoms with Crippen LogP contribution in [-0.4, -0.2) is 39.8 Å². The fourth-order valence-electron chi connectivity index (χ4n) is 3.71. The number of ether oxygens (including phenoxy) is 2. The minimum absolute atomic E-state index is 0.289. The molecule has 0 bridgehead atoms. The van der Waals surface area contributed by atoms with Crippen LogP contribution in [0.25, 0.3) is 28.2 Å². The predicted octanol–water partition coefficient (Wildman–Crippen LogP) is 4.07. The van der Waals surface area contributed by atoms with Crippen molar-refractivity contribution in [2.24, 2.45) is 0 Å². The van der Waals surface area contributed by atoms with Gasteiger partial charge in [0.25, 0.3) is 0 Å². The predicted molar refractivity (Wildman–Crippen MR) is 129 cm³/mol. The number of nitrogens with one attached hydrogen (secondary N) is 2. The van der Waals surface area contributed by atoms with E-state index in [2.05, 4.69) is 17.2 Å². The average Bonchev–Trinajstić information content (AvgIpc) is 3.18. The topological polar surface area (TPSA) is 94.1 Å². The van der Waals surface area contributed by atoms with Crippen molar-refractivity contribution >= 4 is 11.2 Å². The maximum Gasteiger partial charge on any atom is 0.332 e. The molecule has 0 aliphatic carbocycles. The number of unbranched alkanes of at least 4 members (excludes halogenated alkanes) is 1. The monoisotopic (exact) mass is 447 g/mol. The molecule has 172 valence electrons. The largest absolute Gasteiger partial charge is 0.495 e. The van der Waals surface area contributed by atoms with E-state index in [1.54, 1.807) is 11.7 Å². The second-order valence-corrected chi connectivity index (χ2v) is 7.62. The summed E-state index contributed by atoms with van der Waals surface area (Å²) in [6.07, 6.45) is 2.17. The number of imidazole rings is 1. The normalized spacial score (nSPS) is 11.1. The van der Waals surface area contributed by atoms with Crippen LogP contribution in [0.15, 0.2) is 53.3 Å². The Kier molecular flexibility index (Phi) is 7.04. The smallest absolute Gasteiger partial charge is 0.332 e. The first-order valence-electron chi connectivity index (χ1n) is 11.2. The van der Waals surface area contributed by atoms with E-state index in [4.69, 9.17) is 19.4 Å². The lowest BCUT2D eigenvalue weighted by atomic mass is 10.2. The van der Waals surface area contributed by atoms with E-state index >= 15 is 0 Å². The van der Waals surface area contributed by atoms with Crippen molar-refractivity contribution < 1.29 is 9.47 Å². The molecule has 2 heterocycles. The van der Waals surface area contributed by atoms with Gasteiger partial charge in [0.1, 0.15) is 17.0 Å². The molecule has 2 aromatic carbocycles.